The average Bonchev–Trinajstić information content (AvgIpc) is 3.35. The number of hydrogen-bond donors (Lipinski definition) is 1. The van der Waals surface area contributed by atoms with Gasteiger partial charge < -0.3 is 5.32 Å². The third-order valence-corrected chi connectivity index (χ3v) is 5.37. The summed E-state index contributed by atoms with van der Waals surface area (Å²) in [7, 11) is 0. The fourth-order valence-electron chi connectivity index (χ4n) is 2.36. The van der Waals surface area contributed by atoms with Gasteiger partial charge in [0.1, 0.15) is 5.01 Å². The second-order valence-electron chi connectivity index (χ2n) is 5.28. The van der Waals surface area contributed by atoms with Crippen molar-refractivity contribution >= 4 is 34.3 Å². The molecule has 3 aromatic heterocycles. The molecule has 1 amide bonds. The average molecular weight is 363 g/mol. The van der Waals surface area contributed by atoms with Gasteiger partial charge in [-0.15, -0.1) is 22.7 Å². The Morgan fingerprint density at radius 2 is 1.72 bits per heavy atom. The monoisotopic (exact) mass is 363 g/mol. The molecule has 0 radical (unpaired) electrons. The molecule has 3 heterocycles. The van der Waals surface area contributed by atoms with E-state index in [-0.39, 0.29) is 5.91 Å². The maximum Gasteiger partial charge on any atom is 0.265 e. The Labute approximate surface area is 152 Å². The van der Waals surface area contributed by atoms with E-state index >= 15 is 0 Å². The molecule has 1 aromatic carbocycles. The van der Waals surface area contributed by atoms with E-state index in [1.165, 1.54) is 11.3 Å². The van der Waals surface area contributed by atoms with Crippen LogP contribution in [0.5, 0.6) is 0 Å². The van der Waals surface area contributed by atoms with Gasteiger partial charge in [-0.3, -0.25) is 9.78 Å². The normalized spacial score (nSPS) is 10.6. The van der Waals surface area contributed by atoms with Crippen LogP contribution in [0, 0.1) is 0 Å². The van der Waals surface area contributed by atoms with Crippen LogP contribution in [0.1, 0.15) is 9.67 Å². The number of benzene rings is 1. The number of amides is 1. The molecule has 4 aromatic rings. The molecule has 0 fully saturated rings. The fourth-order valence-corrected chi connectivity index (χ4v) is 3.81. The highest BCUT2D eigenvalue weighted by atomic mass is 32.1. The van der Waals surface area contributed by atoms with Crippen LogP contribution >= 0.6 is 22.7 Å². The van der Waals surface area contributed by atoms with E-state index < -0.39 is 0 Å². The first-order valence-electron chi connectivity index (χ1n) is 7.61. The number of thiazole rings is 1. The Bertz CT molecular complexity index is 977. The minimum Gasteiger partial charge on any atom is -0.321 e. The lowest BCUT2D eigenvalue weighted by atomic mass is 10.1. The van der Waals surface area contributed by atoms with Crippen molar-refractivity contribution in [3.63, 3.8) is 0 Å². The van der Waals surface area contributed by atoms with E-state index in [2.05, 4.69) is 15.3 Å². The molecule has 4 rings (SSSR count). The molecule has 0 spiro atoms. The second-order valence-corrected chi connectivity index (χ2v) is 7.09. The SMILES string of the molecule is O=C(Nc1ccc(-c2csc(-c3ccncc3)n2)cc1)c1cccs1. The minimum atomic E-state index is -0.0867. The van der Waals surface area contributed by atoms with Crippen LogP contribution in [0.4, 0.5) is 5.69 Å². The summed E-state index contributed by atoms with van der Waals surface area (Å²) in [5.41, 5.74) is 3.77. The topological polar surface area (TPSA) is 54.9 Å². The molecule has 0 bridgehead atoms. The fraction of sp³-hybridized carbons (Fsp3) is 0. The van der Waals surface area contributed by atoms with Crippen LogP contribution < -0.4 is 5.32 Å². The molecular formula is C19H13N3OS2. The first kappa shape index (κ1) is 15.7. The maximum absolute atomic E-state index is 12.1. The summed E-state index contributed by atoms with van der Waals surface area (Å²) in [6, 6.07) is 15.3. The lowest BCUT2D eigenvalue weighted by Crippen LogP contribution is -2.09. The van der Waals surface area contributed by atoms with E-state index in [1.54, 1.807) is 23.7 Å². The van der Waals surface area contributed by atoms with Crippen molar-refractivity contribution in [3.8, 4) is 21.8 Å². The van der Waals surface area contributed by atoms with Gasteiger partial charge in [0.15, 0.2) is 0 Å². The van der Waals surface area contributed by atoms with Crippen molar-refractivity contribution < 1.29 is 4.79 Å². The zero-order valence-electron chi connectivity index (χ0n) is 13.0. The van der Waals surface area contributed by atoms with E-state index in [0.29, 0.717) is 4.88 Å². The summed E-state index contributed by atoms with van der Waals surface area (Å²) < 4.78 is 0. The Balaban J connectivity index is 1.51. The van der Waals surface area contributed by atoms with Gasteiger partial charge in [0, 0.05) is 34.6 Å². The van der Waals surface area contributed by atoms with Crippen LogP contribution in [0.15, 0.2) is 71.7 Å². The molecular weight excluding hydrogens is 350 g/mol. The van der Waals surface area contributed by atoms with Gasteiger partial charge in [-0.05, 0) is 35.7 Å². The quantitative estimate of drug-likeness (QED) is 0.543. The molecule has 1 N–H and O–H groups in total. The van der Waals surface area contributed by atoms with Crippen molar-refractivity contribution in [1.82, 2.24) is 9.97 Å². The van der Waals surface area contributed by atoms with Crippen molar-refractivity contribution in [3.05, 3.63) is 76.6 Å². The van der Waals surface area contributed by atoms with Crippen molar-refractivity contribution in [2.75, 3.05) is 5.32 Å². The highest BCUT2D eigenvalue weighted by molar-refractivity contribution is 7.13. The van der Waals surface area contributed by atoms with Crippen LogP contribution in [-0.2, 0) is 0 Å². The number of anilines is 1. The summed E-state index contributed by atoms with van der Waals surface area (Å²) in [6.07, 6.45) is 3.53. The van der Waals surface area contributed by atoms with Crippen LogP contribution in [0.2, 0.25) is 0 Å². The van der Waals surface area contributed by atoms with Gasteiger partial charge in [-0.1, -0.05) is 18.2 Å². The summed E-state index contributed by atoms with van der Waals surface area (Å²) in [4.78, 5) is 21.5. The number of carbonyl (C=O) groups is 1. The summed E-state index contributed by atoms with van der Waals surface area (Å²) in [5, 5.41) is 7.79. The molecule has 25 heavy (non-hydrogen) atoms. The highest BCUT2D eigenvalue weighted by Gasteiger charge is 2.09. The van der Waals surface area contributed by atoms with Crippen molar-refractivity contribution in [2.24, 2.45) is 0 Å². The maximum atomic E-state index is 12.1. The zero-order chi connectivity index (χ0) is 17.1. The number of rotatable bonds is 4. The first-order chi connectivity index (χ1) is 12.3. The van der Waals surface area contributed by atoms with Crippen LogP contribution in [-0.4, -0.2) is 15.9 Å². The third-order valence-electron chi connectivity index (χ3n) is 3.61. The van der Waals surface area contributed by atoms with Gasteiger partial charge in [-0.25, -0.2) is 4.98 Å². The molecule has 0 saturated carbocycles. The number of thiophene rings is 1. The molecule has 0 unspecified atom stereocenters. The number of aromatic nitrogens is 2. The Morgan fingerprint density at radius 3 is 2.44 bits per heavy atom. The molecule has 0 aliphatic rings. The predicted molar refractivity (Wildman–Crippen MR) is 103 cm³/mol. The Hall–Kier alpha value is -2.83. The molecule has 6 heteroatoms. The highest BCUT2D eigenvalue weighted by Crippen LogP contribution is 2.29. The lowest BCUT2D eigenvalue weighted by Gasteiger charge is -2.04. The standard InChI is InChI=1S/C19H13N3OS2/c23-18(17-2-1-11-24-17)21-15-5-3-13(4-6-15)16-12-25-19(22-16)14-7-9-20-10-8-14/h1-12H,(H,21,23). The molecule has 0 aliphatic carbocycles. The number of carbonyl (C=O) groups excluding carboxylic acids is 1. The number of hydrogen-bond acceptors (Lipinski definition) is 5. The zero-order valence-corrected chi connectivity index (χ0v) is 14.7. The van der Waals surface area contributed by atoms with Gasteiger partial charge in [0.25, 0.3) is 5.91 Å². The molecule has 122 valence electrons. The summed E-state index contributed by atoms with van der Waals surface area (Å²) in [5.74, 6) is -0.0867. The van der Waals surface area contributed by atoms with Crippen molar-refractivity contribution in [2.45, 2.75) is 0 Å². The Morgan fingerprint density at radius 1 is 0.920 bits per heavy atom. The predicted octanol–water partition coefficient (Wildman–Crippen LogP) is 5.19. The van der Waals surface area contributed by atoms with Crippen LogP contribution in [0.25, 0.3) is 21.8 Å². The Kier molecular flexibility index (Phi) is 4.37. The third kappa shape index (κ3) is 3.50. The van der Waals surface area contributed by atoms with E-state index in [1.807, 2.05) is 59.3 Å². The van der Waals surface area contributed by atoms with E-state index in [4.69, 9.17) is 0 Å². The van der Waals surface area contributed by atoms with Gasteiger partial charge in [-0.2, -0.15) is 0 Å². The number of pyridine rings is 1. The van der Waals surface area contributed by atoms with Gasteiger partial charge >= 0.3 is 0 Å². The number of nitrogens with one attached hydrogen (secondary N) is 1. The largest absolute Gasteiger partial charge is 0.321 e. The van der Waals surface area contributed by atoms with Crippen molar-refractivity contribution in [1.29, 1.82) is 0 Å². The first-order valence-corrected chi connectivity index (χ1v) is 9.37. The van der Waals surface area contributed by atoms with E-state index in [0.717, 1.165) is 27.5 Å². The summed E-state index contributed by atoms with van der Waals surface area (Å²) >= 11 is 3.03. The molecule has 0 aliphatic heterocycles. The second kappa shape index (κ2) is 6.96. The summed E-state index contributed by atoms with van der Waals surface area (Å²) in [6.45, 7) is 0. The van der Waals surface area contributed by atoms with Crippen LogP contribution in [0.3, 0.4) is 0 Å². The smallest absolute Gasteiger partial charge is 0.265 e. The van der Waals surface area contributed by atoms with E-state index in [9.17, 15) is 4.79 Å². The molecule has 0 atom stereocenters. The number of nitrogens with zero attached hydrogens (tertiary/aromatic N) is 2. The minimum absolute atomic E-state index is 0.0867. The molecule has 4 nitrogen and oxygen atoms in total. The molecule has 0 saturated heterocycles. The van der Waals surface area contributed by atoms with Gasteiger partial charge in [0.05, 0.1) is 10.6 Å². The van der Waals surface area contributed by atoms with Gasteiger partial charge in [0.2, 0.25) is 0 Å². The lowest BCUT2D eigenvalue weighted by molar-refractivity contribution is 0.103.